The second-order valence-corrected chi connectivity index (χ2v) is 22.7. The van der Waals surface area contributed by atoms with Crippen LogP contribution in [-0.2, 0) is 89.2 Å². The normalized spacial score (nSPS) is 31.4. The van der Waals surface area contributed by atoms with Gasteiger partial charge in [0.15, 0.2) is 31.1 Å². The monoisotopic (exact) mass is 1300 g/mol. The van der Waals surface area contributed by atoms with Gasteiger partial charge in [-0.05, 0) is 79.0 Å². The lowest BCUT2D eigenvalue weighted by Gasteiger charge is -2.52. The molecule has 5 aromatic rings. The smallest absolute Gasteiger partial charge is 0.338 e. The third-order valence-corrected chi connectivity index (χ3v) is 16.3. The van der Waals surface area contributed by atoms with Crippen LogP contribution in [0.25, 0.3) is 10.4 Å². The minimum atomic E-state index is -2.14. The summed E-state index contributed by atoms with van der Waals surface area (Å²) >= 11 is 0. The van der Waals surface area contributed by atoms with Gasteiger partial charge < -0.3 is 86.4 Å². The summed E-state index contributed by atoms with van der Waals surface area (Å²) in [7, 11) is 1.45. The van der Waals surface area contributed by atoms with Crippen molar-refractivity contribution in [3.63, 3.8) is 0 Å². The van der Waals surface area contributed by atoms with Crippen molar-refractivity contribution in [1.29, 1.82) is 0 Å². The summed E-state index contributed by atoms with van der Waals surface area (Å²) in [4.78, 5) is 87.2. The number of carbonyl (C=O) groups excluding carboxylic acids is 6. The van der Waals surface area contributed by atoms with Crippen molar-refractivity contribution >= 4 is 35.7 Å². The van der Waals surface area contributed by atoms with Crippen LogP contribution in [0.2, 0.25) is 0 Å². The van der Waals surface area contributed by atoms with Gasteiger partial charge in [-0.2, -0.15) is 0 Å². The maximum absolute atomic E-state index is 14.9. The number of aliphatic hydroxyl groups is 3. The summed E-state index contributed by atoms with van der Waals surface area (Å²) in [6.07, 6.45) is -30.0. The van der Waals surface area contributed by atoms with E-state index in [1.54, 1.807) is 49.4 Å². The standard InChI is InChI=1S/C66H72N4O24/c1-34-50(74)51(75)52(76)65(85-34)94-59-58(83-31-40-20-12-8-13-21-40)53(82-30-39-18-10-7-11-19-39)35(2)86-66(59)92-54-47(33-84-62(79)41-22-14-9-15-23-41)90-63(89-43-28-26-42(80-6)27-29-43)48(68-69-67)56(54)93-64-49(70-60(77)44-24-16-17-25-45(44)61(70)78)57(88-38(5)73)55(87-37(4)72)46(91-64)32-81-36(3)71/h7-29,34-35,46-59,63-66,74-76H,30-33H2,1-6H3/t34-,35-,46+,47+,48+,49+,50-,51+,52+,53-,54+,55-,56+,57+,58+,59+,63-,64-,65-,66-/m0/s1. The molecule has 0 aliphatic carbocycles. The van der Waals surface area contributed by atoms with Gasteiger partial charge in [-0.3, -0.25) is 28.9 Å². The van der Waals surface area contributed by atoms with Crippen molar-refractivity contribution in [1.82, 2.24) is 4.90 Å². The van der Waals surface area contributed by atoms with Crippen molar-refractivity contribution in [3.8, 4) is 11.5 Å². The van der Waals surface area contributed by atoms with Gasteiger partial charge in [0.05, 0.1) is 49.2 Å². The van der Waals surface area contributed by atoms with E-state index >= 15 is 0 Å². The highest BCUT2D eigenvalue weighted by molar-refractivity contribution is 6.21. The van der Waals surface area contributed by atoms with Crippen LogP contribution in [0, 0.1) is 0 Å². The number of methoxy groups -OCH3 is 1. The average Bonchev–Trinajstić information content (AvgIpc) is 1.45. The molecule has 4 saturated heterocycles. The number of nitrogens with zero attached hydrogens (tertiary/aromatic N) is 4. The molecular formula is C66H72N4O24. The van der Waals surface area contributed by atoms with Crippen molar-refractivity contribution in [2.24, 2.45) is 5.11 Å². The Morgan fingerprint density at radius 3 is 1.62 bits per heavy atom. The zero-order valence-electron chi connectivity index (χ0n) is 51.9. The van der Waals surface area contributed by atoms with E-state index in [9.17, 15) is 49.6 Å². The van der Waals surface area contributed by atoms with Gasteiger partial charge in [-0.15, -0.1) is 0 Å². The van der Waals surface area contributed by atoms with Crippen molar-refractivity contribution in [2.45, 2.75) is 171 Å². The number of carbonyl (C=O) groups is 6. The maximum Gasteiger partial charge on any atom is 0.338 e. The number of azide groups is 1. The zero-order chi connectivity index (χ0) is 66.7. The zero-order valence-corrected chi connectivity index (χ0v) is 51.9. The fourth-order valence-electron chi connectivity index (χ4n) is 11.7. The Kier molecular flexibility index (Phi) is 22.7. The SMILES string of the molecule is COc1ccc(O[C@H]2O[C@H](COC(=O)c3ccccc3)[C@@H](O[C@@H]3O[C@@H](C)[C@H](OCc4ccccc4)[C@@H](OCc4ccccc4)[C@H]3O[C@@H]3O[C@@H](C)[C@H](O)[C@@H](O)[C@H]3O)[C@H](O[C@@H]3O[C@H](COC(C)=O)[C@H](OC(C)=O)[C@H](OC(C)=O)[C@H]3N3C(=O)c4ccccc4C3=O)[C@H]2N=[N+]=[N-])cc1. The first-order valence-electron chi connectivity index (χ1n) is 30.3. The Bertz CT molecular complexity index is 3420. The van der Waals surface area contributed by atoms with Gasteiger partial charge in [0.2, 0.25) is 6.29 Å². The van der Waals surface area contributed by atoms with Crippen LogP contribution >= 0.6 is 0 Å². The van der Waals surface area contributed by atoms with Gasteiger partial charge in [-0.25, -0.2) is 4.79 Å². The topological polar surface area (TPSA) is 354 Å². The molecule has 0 aromatic heterocycles. The summed E-state index contributed by atoms with van der Waals surface area (Å²) in [6.45, 7) is 4.62. The quantitative estimate of drug-likeness (QED) is 0.0182. The number of aliphatic hydroxyl groups excluding tert-OH is 3. The molecular weight excluding hydrogens is 1230 g/mol. The molecule has 0 saturated carbocycles. The molecule has 500 valence electrons. The number of fused-ring (bicyclic) bond motifs is 1. The summed E-state index contributed by atoms with van der Waals surface area (Å²) < 4.78 is 96.3. The molecule has 94 heavy (non-hydrogen) atoms. The first-order valence-corrected chi connectivity index (χ1v) is 30.3. The highest BCUT2D eigenvalue weighted by Gasteiger charge is 2.61. The van der Waals surface area contributed by atoms with Crippen molar-refractivity contribution in [3.05, 3.63) is 178 Å². The Balaban J connectivity index is 1.16. The fraction of sp³-hybridized carbons (Fsp3) is 0.455. The molecule has 5 aromatic carbocycles. The first-order chi connectivity index (χ1) is 45.3. The number of hydrogen-bond acceptors (Lipinski definition) is 25. The fourth-order valence-corrected chi connectivity index (χ4v) is 11.7. The Hall–Kier alpha value is -8.45. The van der Waals surface area contributed by atoms with E-state index in [1.165, 1.54) is 62.6 Å². The van der Waals surface area contributed by atoms with Crippen LogP contribution in [0.4, 0.5) is 0 Å². The lowest BCUT2D eigenvalue weighted by Crippen LogP contribution is -2.70. The van der Waals surface area contributed by atoms with E-state index in [2.05, 4.69) is 10.0 Å². The van der Waals surface area contributed by atoms with E-state index in [4.69, 9.17) is 71.1 Å². The molecule has 4 fully saturated rings. The van der Waals surface area contributed by atoms with Gasteiger partial charge >= 0.3 is 23.9 Å². The summed E-state index contributed by atoms with van der Waals surface area (Å²) in [5.74, 6) is -5.09. The molecule has 5 aliphatic rings. The maximum atomic E-state index is 14.9. The van der Waals surface area contributed by atoms with Crippen LogP contribution in [0.3, 0.4) is 0 Å². The van der Waals surface area contributed by atoms with Crippen LogP contribution in [0.15, 0.2) is 145 Å². The molecule has 28 heteroatoms. The van der Waals surface area contributed by atoms with Crippen LogP contribution < -0.4 is 9.47 Å². The number of esters is 4. The molecule has 0 radical (unpaired) electrons. The molecule has 0 spiro atoms. The summed E-state index contributed by atoms with van der Waals surface area (Å²) in [6, 6.07) is 34.2. The van der Waals surface area contributed by atoms with E-state index in [1.807, 2.05) is 48.5 Å². The molecule has 28 nitrogen and oxygen atoms in total. The van der Waals surface area contributed by atoms with Crippen molar-refractivity contribution < 1.29 is 115 Å². The van der Waals surface area contributed by atoms with E-state index in [-0.39, 0.29) is 35.7 Å². The van der Waals surface area contributed by atoms with Gasteiger partial charge in [0.25, 0.3) is 11.8 Å². The molecule has 5 heterocycles. The highest BCUT2D eigenvalue weighted by atomic mass is 16.8. The lowest BCUT2D eigenvalue weighted by atomic mass is 9.93. The van der Waals surface area contributed by atoms with Crippen molar-refractivity contribution in [2.75, 3.05) is 20.3 Å². The third-order valence-electron chi connectivity index (χ3n) is 16.3. The minimum Gasteiger partial charge on any atom is -0.497 e. The molecule has 10 rings (SSSR count). The number of imide groups is 1. The predicted molar refractivity (Wildman–Crippen MR) is 320 cm³/mol. The van der Waals surface area contributed by atoms with E-state index in [0.29, 0.717) is 16.2 Å². The van der Waals surface area contributed by atoms with Gasteiger partial charge in [-0.1, -0.05) is 96.1 Å². The third kappa shape index (κ3) is 15.8. The lowest BCUT2D eigenvalue weighted by molar-refractivity contribution is -0.391. The minimum absolute atomic E-state index is 0.00142. The molecule has 3 N–H and O–H groups in total. The summed E-state index contributed by atoms with van der Waals surface area (Å²) in [5.41, 5.74) is 12.1. The van der Waals surface area contributed by atoms with Crippen LogP contribution in [0.1, 0.15) is 76.8 Å². The number of rotatable bonds is 24. The predicted octanol–water partition coefficient (Wildman–Crippen LogP) is 5.05. The number of amides is 2. The first kappa shape index (κ1) is 68.4. The molecule has 5 aliphatic heterocycles. The van der Waals surface area contributed by atoms with Crippen LogP contribution in [0.5, 0.6) is 11.5 Å². The number of hydrogen-bond donors (Lipinski definition) is 3. The van der Waals surface area contributed by atoms with Crippen LogP contribution in [-0.4, -0.2) is 199 Å². The number of benzene rings is 5. The molecule has 0 bridgehead atoms. The second kappa shape index (κ2) is 31.2. The molecule has 0 unspecified atom stereocenters. The Morgan fingerprint density at radius 2 is 1.03 bits per heavy atom. The van der Waals surface area contributed by atoms with E-state index in [0.717, 1.165) is 26.3 Å². The Labute approximate surface area is 539 Å². The molecule has 2 amide bonds. The van der Waals surface area contributed by atoms with Gasteiger partial charge in [0.1, 0.15) is 97.8 Å². The van der Waals surface area contributed by atoms with Gasteiger partial charge in [0, 0.05) is 25.7 Å². The average molecular weight is 1310 g/mol. The largest absolute Gasteiger partial charge is 0.497 e. The summed E-state index contributed by atoms with van der Waals surface area (Å²) in [5, 5.41) is 38.1. The van der Waals surface area contributed by atoms with E-state index < -0.39 is 172 Å². The molecule has 20 atom stereocenters. The second-order valence-electron chi connectivity index (χ2n) is 22.7. The highest BCUT2D eigenvalue weighted by Crippen LogP contribution is 2.42. The Morgan fingerprint density at radius 1 is 0.521 bits per heavy atom. The number of ether oxygens (including phenoxy) is 15.